The molecule has 0 aliphatic heterocycles. The number of imidazole rings is 1. The Morgan fingerprint density at radius 1 is 0.696 bits per heavy atom. The maximum atomic E-state index is 13.8. The van der Waals surface area contributed by atoms with E-state index in [0.29, 0.717) is 46.4 Å². The van der Waals surface area contributed by atoms with E-state index < -0.39 is 18.0 Å². The predicted octanol–water partition coefficient (Wildman–Crippen LogP) is 8.71. The Labute approximate surface area is 325 Å². The van der Waals surface area contributed by atoms with Crippen LogP contribution in [0, 0.1) is 5.41 Å². The molecule has 0 bridgehead atoms. The van der Waals surface area contributed by atoms with Crippen molar-refractivity contribution >= 4 is 52.1 Å². The number of ether oxygens (including phenoxy) is 2. The lowest BCUT2D eigenvalue weighted by atomic mass is 9.92. The van der Waals surface area contributed by atoms with Crippen LogP contribution < -0.4 is 16.0 Å². The van der Waals surface area contributed by atoms with Crippen molar-refractivity contribution in [3.63, 3.8) is 0 Å². The number of anilines is 2. The summed E-state index contributed by atoms with van der Waals surface area (Å²) in [5.74, 6) is -1.22. The van der Waals surface area contributed by atoms with E-state index in [9.17, 15) is 19.2 Å². The standard InChI is InChI=1S/C45H43N5O6/c1-45(2,3)29-46-41(52)33-19-21-36(37(24-33)42(53)55-27-31-15-9-5-10-16-31)34(23-30-13-7-4-8-14-30)25-40(51)47-35-20-22-38-39(26-35)49-43(48-38)50-44(54)56-28-32-17-11-6-12-18-32/h4-22,24-26H,23,27-29H2,1-3H3,(H,46,52)(H,47,51)(H2,48,49,50,54)/b34-25+. The van der Waals surface area contributed by atoms with Gasteiger partial charge in [0, 0.05) is 23.9 Å². The number of H-pyrrole nitrogens is 1. The number of hydrogen-bond donors (Lipinski definition) is 4. The molecule has 4 N–H and O–H groups in total. The normalized spacial score (nSPS) is 11.4. The van der Waals surface area contributed by atoms with Crippen LogP contribution in [0.2, 0.25) is 0 Å². The third-order valence-corrected chi connectivity index (χ3v) is 8.57. The molecule has 56 heavy (non-hydrogen) atoms. The van der Waals surface area contributed by atoms with E-state index >= 15 is 0 Å². The molecule has 0 aliphatic rings. The average Bonchev–Trinajstić information content (AvgIpc) is 3.60. The molecule has 0 unspecified atom stereocenters. The molecule has 11 heteroatoms. The summed E-state index contributed by atoms with van der Waals surface area (Å²) in [6.07, 6.45) is 1.08. The van der Waals surface area contributed by atoms with Crippen molar-refractivity contribution in [1.82, 2.24) is 15.3 Å². The minimum Gasteiger partial charge on any atom is -0.457 e. The van der Waals surface area contributed by atoms with Crippen LogP contribution in [0.3, 0.4) is 0 Å². The zero-order chi connectivity index (χ0) is 39.5. The summed E-state index contributed by atoms with van der Waals surface area (Å²) in [5.41, 5.74) is 5.44. The van der Waals surface area contributed by atoms with Gasteiger partial charge in [-0.05, 0) is 70.0 Å². The first-order valence-corrected chi connectivity index (χ1v) is 18.2. The summed E-state index contributed by atoms with van der Waals surface area (Å²) in [4.78, 5) is 60.7. The molecule has 6 aromatic rings. The lowest BCUT2D eigenvalue weighted by Gasteiger charge is -2.19. The Morgan fingerprint density at radius 3 is 1.96 bits per heavy atom. The minimum atomic E-state index is -0.667. The van der Waals surface area contributed by atoms with E-state index in [4.69, 9.17) is 9.47 Å². The second kappa shape index (κ2) is 17.9. The molecule has 6 rings (SSSR count). The molecule has 0 radical (unpaired) electrons. The van der Waals surface area contributed by atoms with Crippen molar-refractivity contribution in [3.05, 3.63) is 167 Å². The van der Waals surface area contributed by atoms with Gasteiger partial charge in [-0.15, -0.1) is 0 Å². The van der Waals surface area contributed by atoms with Crippen molar-refractivity contribution in [2.75, 3.05) is 17.2 Å². The lowest BCUT2D eigenvalue weighted by molar-refractivity contribution is -0.111. The fourth-order valence-corrected chi connectivity index (χ4v) is 5.76. The quantitative estimate of drug-likeness (QED) is 0.0681. The predicted molar refractivity (Wildman–Crippen MR) is 217 cm³/mol. The Bertz CT molecular complexity index is 2350. The van der Waals surface area contributed by atoms with Gasteiger partial charge in [0.05, 0.1) is 16.6 Å². The van der Waals surface area contributed by atoms with E-state index in [2.05, 4.69) is 25.9 Å². The number of carbonyl (C=O) groups excluding carboxylic acids is 4. The summed E-state index contributed by atoms with van der Waals surface area (Å²) in [6, 6.07) is 38.1. The van der Waals surface area contributed by atoms with Gasteiger partial charge in [0.15, 0.2) is 0 Å². The van der Waals surface area contributed by atoms with Crippen LogP contribution in [0.5, 0.6) is 0 Å². The Balaban J connectivity index is 1.25. The Hall–Kier alpha value is -7.01. The van der Waals surface area contributed by atoms with E-state index in [0.717, 1.165) is 16.7 Å². The van der Waals surface area contributed by atoms with Crippen molar-refractivity contribution in [3.8, 4) is 0 Å². The van der Waals surface area contributed by atoms with Crippen molar-refractivity contribution in [2.24, 2.45) is 5.41 Å². The zero-order valence-electron chi connectivity index (χ0n) is 31.4. The maximum absolute atomic E-state index is 13.8. The fourth-order valence-electron chi connectivity index (χ4n) is 5.76. The molecule has 0 atom stereocenters. The van der Waals surface area contributed by atoms with Gasteiger partial charge in [0.2, 0.25) is 11.9 Å². The number of nitrogens with zero attached hydrogens (tertiary/aromatic N) is 1. The summed E-state index contributed by atoms with van der Waals surface area (Å²) < 4.78 is 11.1. The molecule has 1 heterocycles. The third-order valence-electron chi connectivity index (χ3n) is 8.57. The first-order chi connectivity index (χ1) is 27.0. The van der Waals surface area contributed by atoms with Gasteiger partial charge in [-0.3, -0.25) is 14.9 Å². The smallest absolute Gasteiger partial charge is 0.414 e. The number of rotatable bonds is 13. The fraction of sp³-hybridized carbons (Fsp3) is 0.178. The van der Waals surface area contributed by atoms with Crippen molar-refractivity contribution < 1.29 is 28.7 Å². The first kappa shape index (κ1) is 38.7. The number of nitrogens with one attached hydrogen (secondary N) is 4. The topological polar surface area (TPSA) is 152 Å². The minimum absolute atomic E-state index is 0.0277. The lowest BCUT2D eigenvalue weighted by Crippen LogP contribution is -2.32. The molecule has 0 saturated carbocycles. The second-order valence-electron chi connectivity index (χ2n) is 14.4. The van der Waals surface area contributed by atoms with Crippen LogP contribution in [-0.2, 0) is 33.9 Å². The Kier molecular flexibility index (Phi) is 12.4. The van der Waals surface area contributed by atoms with Crippen LogP contribution in [0.1, 0.15) is 63.7 Å². The van der Waals surface area contributed by atoms with E-state index in [1.54, 1.807) is 30.3 Å². The highest BCUT2D eigenvalue weighted by Crippen LogP contribution is 2.27. The van der Waals surface area contributed by atoms with Crippen LogP contribution in [0.25, 0.3) is 16.6 Å². The SMILES string of the molecule is CC(C)(C)CNC(=O)c1ccc(/C(=C/C(=O)Nc2ccc3nc(NC(=O)OCc4ccccc4)[nH]c3c2)Cc2ccccc2)c(C(=O)OCc2ccccc2)c1. The van der Waals surface area contributed by atoms with Gasteiger partial charge >= 0.3 is 12.1 Å². The maximum Gasteiger partial charge on any atom is 0.414 e. The van der Waals surface area contributed by atoms with E-state index in [1.165, 1.54) is 12.1 Å². The van der Waals surface area contributed by atoms with E-state index in [-0.39, 0.29) is 36.0 Å². The molecule has 0 saturated heterocycles. The molecule has 0 spiro atoms. The average molecular weight is 750 g/mol. The first-order valence-electron chi connectivity index (χ1n) is 18.2. The highest BCUT2D eigenvalue weighted by Gasteiger charge is 2.22. The highest BCUT2D eigenvalue weighted by atomic mass is 16.5. The van der Waals surface area contributed by atoms with Crippen LogP contribution >= 0.6 is 0 Å². The number of allylic oxidation sites excluding steroid dienone is 1. The van der Waals surface area contributed by atoms with Crippen LogP contribution in [-0.4, -0.2) is 40.4 Å². The summed E-state index contributed by atoms with van der Waals surface area (Å²) >= 11 is 0. The number of fused-ring (bicyclic) bond motifs is 1. The van der Waals surface area contributed by atoms with E-state index in [1.807, 2.05) is 112 Å². The van der Waals surface area contributed by atoms with Crippen LogP contribution in [0.4, 0.5) is 16.4 Å². The molecule has 11 nitrogen and oxygen atoms in total. The second-order valence-corrected chi connectivity index (χ2v) is 14.4. The highest BCUT2D eigenvalue weighted by molar-refractivity contribution is 6.07. The van der Waals surface area contributed by atoms with Crippen LogP contribution in [0.15, 0.2) is 133 Å². The molecule has 0 aliphatic carbocycles. The van der Waals surface area contributed by atoms with Gasteiger partial charge in [0.1, 0.15) is 13.2 Å². The molecule has 284 valence electrons. The number of esters is 1. The summed E-state index contributed by atoms with van der Waals surface area (Å²) in [5, 5.41) is 8.45. The Morgan fingerprint density at radius 2 is 1.32 bits per heavy atom. The summed E-state index contributed by atoms with van der Waals surface area (Å²) in [6.45, 7) is 6.62. The van der Waals surface area contributed by atoms with Gasteiger partial charge in [0.25, 0.3) is 5.91 Å². The number of hydrogen-bond acceptors (Lipinski definition) is 7. The number of amides is 3. The molecule has 3 amide bonds. The zero-order valence-corrected chi connectivity index (χ0v) is 31.4. The van der Waals surface area contributed by atoms with Gasteiger partial charge in [-0.2, -0.15) is 0 Å². The molecule has 0 fully saturated rings. The number of aromatic amines is 1. The van der Waals surface area contributed by atoms with Gasteiger partial charge in [-0.25, -0.2) is 14.6 Å². The van der Waals surface area contributed by atoms with Crippen molar-refractivity contribution in [2.45, 2.75) is 40.4 Å². The van der Waals surface area contributed by atoms with Crippen molar-refractivity contribution in [1.29, 1.82) is 0 Å². The number of benzene rings is 5. The molecular formula is C45H43N5O6. The number of aromatic nitrogens is 2. The molecule has 5 aromatic carbocycles. The summed E-state index contributed by atoms with van der Waals surface area (Å²) in [7, 11) is 0. The third kappa shape index (κ3) is 11.0. The van der Waals surface area contributed by atoms with Gasteiger partial charge < -0.3 is 25.1 Å². The molecular weight excluding hydrogens is 707 g/mol. The number of carbonyl (C=O) groups is 4. The monoisotopic (exact) mass is 749 g/mol. The van der Waals surface area contributed by atoms with Gasteiger partial charge in [-0.1, -0.05) is 118 Å². The largest absolute Gasteiger partial charge is 0.457 e. The molecule has 1 aromatic heterocycles.